The van der Waals surface area contributed by atoms with Crippen LogP contribution >= 0.6 is 45.3 Å². The van der Waals surface area contributed by atoms with Gasteiger partial charge in [0.1, 0.15) is 35.4 Å². The third kappa shape index (κ3) is 6.34. The van der Waals surface area contributed by atoms with Gasteiger partial charge >= 0.3 is 0 Å². The molecule has 57 heavy (non-hydrogen) atoms. The summed E-state index contributed by atoms with van der Waals surface area (Å²) in [4.78, 5) is 4.50. The number of hydrogen-bond acceptors (Lipinski definition) is 8. The highest BCUT2D eigenvalue weighted by Crippen LogP contribution is 2.57. The molecular weight excluding hydrogens is 773 g/mol. The fourth-order valence-electron chi connectivity index (χ4n) is 7.65. The molecule has 0 atom stereocenters. The van der Waals surface area contributed by atoms with E-state index in [1.54, 1.807) is 22.7 Å². The van der Waals surface area contributed by atoms with E-state index in [1.807, 2.05) is 48.5 Å². The van der Waals surface area contributed by atoms with Gasteiger partial charge in [-0.25, -0.2) is 0 Å². The van der Waals surface area contributed by atoms with Crippen molar-refractivity contribution in [1.82, 2.24) is 0 Å². The molecule has 4 aromatic heterocycles. The number of hydrogen-bond donors (Lipinski definition) is 0. The summed E-state index contributed by atoms with van der Waals surface area (Å²) in [5.74, 6) is 0. The van der Waals surface area contributed by atoms with Gasteiger partial charge in [0.2, 0.25) is 0 Å². The number of nitrogens with zero attached hydrogens (tertiary/aromatic N) is 4. The lowest BCUT2D eigenvalue weighted by Gasteiger charge is -2.34. The zero-order chi connectivity index (χ0) is 38.9. The SMILES string of the molecule is N#CC(C#N)=c1cc/c(=C\c2ccc(-c3ccc4c(c3)C(c3ccccc3)(c3ccccc3)c3cc(-c5ccc(/C=c6\ccc(=C(C#N)C#N)s6)s5)ccc3-4)s2)s1. The van der Waals surface area contributed by atoms with Crippen LogP contribution in [0.4, 0.5) is 0 Å². The van der Waals surface area contributed by atoms with E-state index in [0.717, 1.165) is 39.7 Å². The van der Waals surface area contributed by atoms with Crippen LogP contribution in [0.5, 0.6) is 0 Å². The van der Waals surface area contributed by atoms with Crippen molar-refractivity contribution in [2.24, 2.45) is 0 Å². The molecule has 0 aliphatic heterocycles. The Balaban J connectivity index is 1.18. The lowest BCUT2D eigenvalue weighted by Crippen LogP contribution is -2.28. The first-order chi connectivity index (χ1) is 28.0. The van der Waals surface area contributed by atoms with Crippen molar-refractivity contribution in [1.29, 1.82) is 21.0 Å². The largest absolute Gasteiger partial charge is 0.192 e. The molecule has 9 rings (SSSR count). The first-order valence-electron chi connectivity index (χ1n) is 17.9. The van der Waals surface area contributed by atoms with Crippen LogP contribution in [0.1, 0.15) is 32.0 Å². The van der Waals surface area contributed by atoms with Gasteiger partial charge in [-0.05, 0) is 117 Å². The number of benzene rings is 4. The zero-order valence-electron chi connectivity index (χ0n) is 29.9. The first-order valence-corrected chi connectivity index (χ1v) is 21.1. The van der Waals surface area contributed by atoms with E-state index in [4.69, 9.17) is 0 Å². The van der Waals surface area contributed by atoms with Crippen molar-refractivity contribution in [3.8, 4) is 56.3 Å². The van der Waals surface area contributed by atoms with E-state index in [9.17, 15) is 21.0 Å². The minimum absolute atomic E-state index is 0.133. The van der Waals surface area contributed by atoms with Gasteiger partial charge in [-0.15, -0.1) is 45.3 Å². The number of fused-ring (bicyclic) bond motifs is 3. The summed E-state index contributed by atoms with van der Waals surface area (Å²) in [5, 5.41) is 37.3. The predicted molar refractivity (Wildman–Crippen MR) is 234 cm³/mol. The van der Waals surface area contributed by atoms with Crippen LogP contribution in [0.3, 0.4) is 0 Å². The molecule has 266 valence electrons. The lowest BCUT2D eigenvalue weighted by molar-refractivity contribution is 0.769. The summed E-state index contributed by atoms with van der Waals surface area (Å²) in [6, 6.07) is 59.6. The van der Waals surface area contributed by atoms with Gasteiger partial charge in [0, 0.05) is 28.6 Å². The molecule has 0 fully saturated rings. The molecule has 4 nitrogen and oxygen atoms in total. The Hall–Kier alpha value is -6.88. The highest BCUT2D eigenvalue weighted by Gasteiger charge is 2.46. The fourth-order valence-corrected chi connectivity index (χ4v) is 11.5. The van der Waals surface area contributed by atoms with Gasteiger partial charge in [-0.3, -0.25) is 0 Å². The van der Waals surface area contributed by atoms with Crippen LogP contribution in [0.15, 0.2) is 146 Å². The van der Waals surface area contributed by atoms with E-state index in [0.29, 0.717) is 9.06 Å². The Kier molecular flexibility index (Phi) is 9.41. The molecule has 0 amide bonds. The molecule has 0 saturated carbocycles. The second-order valence-electron chi connectivity index (χ2n) is 13.3. The molecule has 1 aliphatic rings. The third-order valence-electron chi connectivity index (χ3n) is 10.1. The molecule has 0 saturated heterocycles. The van der Waals surface area contributed by atoms with Crippen LogP contribution in [0.25, 0.3) is 55.3 Å². The first kappa shape index (κ1) is 35.8. The normalized spacial score (nSPS) is 12.8. The molecule has 1 aliphatic carbocycles. The Morgan fingerprint density at radius 1 is 0.439 bits per heavy atom. The molecule has 0 unspecified atom stereocenters. The Bertz CT molecular complexity index is 3040. The fraction of sp³-hybridized carbons (Fsp3) is 0.0204. The van der Waals surface area contributed by atoms with Gasteiger partial charge in [0.15, 0.2) is 0 Å². The third-order valence-corrected chi connectivity index (χ3v) is 14.4. The summed E-state index contributed by atoms with van der Waals surface area (Å²) in [6.07, 6.45) is 4.22. The number of thiophene rings is 4. The molecule has 8 heteroatoms. The Morgan fingerprint density at radius 3 is 1.26 bits per heavy atom. The van der Waals surface area contributed by atoms with E-state index in [2.05, 4.69) is 133 Å². The van der Waals surface area contributed by atoms with Gasteiger partial charge < -0.3 is 0 Å². The minimum Gasteiger partial charge on any atom is -0.192 e. The van der Waals surface area contributed by atoms with E-state index in [-0.39, 0.29) is 11.1 Å². The molecule has 0 bridgehead atoms. The second kappa shape index (κ2) is 15.0. The molecule has 8 aromatic rings. The predicted octanol–water partition coefficient (Wildman–Crippen LogP) is 9.68. The molecule has 4 heterocycles. The summed E-state index contributed by atoms with van der Waals surface area (Å²) in [7, 11) is 0. The minimum atomic E-state index is -0.580. The van der Waals surface area contributed by atoms with Gasteiger partial charge in [-0.2, -0.15) is 21.0 Å². The average Bonchev–Trinajstić information content (AvgIpc) is 4.12. The maximum absolute atomic E-state index is 9.33. The number of rotatable bonds is 6. The second-order valence-corrected chi connectivity index (χ2v) is 17.8. The monoisotopic (exact) mass is 798 g/mol. The average molecular weight is 799 g/mol. The standard InChI is InChI=1S/C49H26N4S4/c50-27-33(28-51)47-21-15-39(56-47)25-37-13-19-45(54-37)31-11-17-41-42-18-12-32(46-20-14-38(55-46)26-40-16-22-48(57-40)34(29-52)30-53)24-44(42)49(43(41)23-31,35-7-3-1-4-8-35)36-9-5-2-6-10-36/h1-26H/b39-25+,40-26+. The van der Waals surface area contributed by atoms with Gasteiger partial charge in [0.25, 0.3) is 0 Å². The van der Waals surface area contributed by atoms with Crippen LogP contribution in [-0.2, 0) is 5.41 Å². The van der Waals surface area contributed by atoms with Crippen molar-refractivity contribution < 1.29 is 0 Å². The summed E-state index contributed by atoms with van der Waals surface area (Å²) >= 11 is 6.34. The van der Waals surface area contributed by atoms with Crippen molar-refractivity contribution in [3.05, 3.63) is 196 Å². The molecule has 4 aromatic carbocycles. The van der Waals surface area contributed by atoms with Crippen molar-refractivity contribution in [3.63, 3.8) is 0 Å². The lowest BCUT2D eigenvalue weighted by atomic mass is 9.67. The topological polar surface area (TPSA) is 95.2 Å². The van der Waals surface area contributed by atoms with Crippen molar-refractivity contribution in [2.75, 3.05) is 0 Å². The van der Waals surface area contributed by atoms with Crippen molar-refractivity contribution in [2.45, 2.75) is 5.41 Å². The van der Waals surface area contributed by atoms with Crippen LogP contribution < -0.4 is 18.1 Å². The van der Waals surface area contributed by atoms with Crippen LogP contribution in [-0.4, -0.2) is 0 Å². The summed E-state index contributed by atoms with van der Waals surface area (Å²) in [6.45, 7) is 0. The van der Waals surface area contributed by atoms with E-state index in [1.165, 1.54) is 56.1 Å². The van der Waals surface area contributed by atoms with E-state index >= 15 is 0 Å². The highest BCUT2D eigenvalue weighted by molar-refractivity contribution is 7.17. The summed E-state index contributed by atoms with van der Waals surface area (Å²) in [5.41, 5.74) is 9.27. The van der Waals surface area contributed by atoms with Crippen LogP contribution in [0.2, 0.25) is 0 Å². The maximum atomic E-state index is 9.33. The Labute approximate surface area is 344 Å². The quantitative estimate of drug-likeness (QED) is 0.168. The van der Waals surface area contributed by atoms with Gasteiger partial charge in [0.05, 0.1) is 14.5 Å². The molecule has 0 N–H and O–H groups in total. The molecular formula is C49H26N4S4. The highest BCUT2D eigenvalue weighted by atomic mass is 32.1. The van der Waals surface area contributed by atoms with E-state index < -0.39 is 5.41 Å². The smallest absolute Gasteiger partial charge is 0.146 e. The maximum Gasteiger partial charge on any atom is 0.146 e. The Morgan fingerprint density at radius 2 is 0.860 bits per heavy atom. The summed E-state index contributed by atoms with van der Waals surface area (Å²) < 4.78 is 3.35. The van der Waals surface area contributed by atoms with Gasteiger partial charge in [-0.1, -0.05) is 84.9 Å². The number of nitriles is 4. The van der Waals surface area contributed by atoms with Crippen molar-refractivity contribution >= 4 is 68.6 Å². The van der Waals surface area contributed by atoms with Crippen LogP contribution in [0, 0.1) is 45.3 Å². The zero-order valence-corrected chi connectivity index (χ0v) is 33.2. The molecule has 0 radical (unpaired) electrons. The molecule has 0 spiro atoms.